The molecule has 0 heterocycles. The molecular formula is C11H15NO4S. The second-order valence-corrected chi connectivity index (χ2v) is 5.56. The van der Waals surface area contributed by atoms with Crippen molar-refractivity contribution in [2.75, 3.05) is 18.9 Å². The molecule has 0 radical (unpaired) electrons. The number of rotatable bonds is 6. The Kier molecular flexibility index (Phi) is 5.11. The maximum Gasteiger partial charge on any atom is 0.221 e. The van der Waals surface area contributed by atoms with Crippen molar-refractivity contribution in [3.63, 3.8) is 0 Å². The number of carbonyl (C=O) groups excluding carboxylic acids is 1. The summed E-state index contributed by atoms with van der Waals surface area (Å²) >= 11 is 0. The normalized spacial score (nSPS) is 11.1. The van der Waals surface area contributed by atoms with Crippen molar-refractivity contribution in [2.24, 2.45) is 0 Å². The van der Waals surface area contributed by atoms with Crippen molar-refractivity contribution >= 4 is 15.7 Å². The zero-order chi connectivity index (χ0) is 12.7. The Bertz CT molecular complexity index is 456. The van der Waals surface area contributed by atoms with E-state index in [1.807, 2.05) is 0 Å². The molecule has 0 aromatic heterocycles. The lowest BCUT2D eigenvalue weighted by Gasteiger charge is -2.05. The van der Waals surface area contributed by atoms with Gasteiger partial charge in [-0.25, -0.2) is 8.42 Å². The molecule has 1 amide bonds. The molecule has 2 N–H and O–H groups in total. The molecule has 94 valence electrons. The largest absolute Gasteiger partial charge is 0.395 e. The molecule has 0 unspecified atom stereocenters. The van der Waals surface area contributed by atoms with Crippen LogP contribution >= 0.6 is 0 Å². The molecule has 0 saturated heterocycles. The molecule has 0 spiro atoms. The summed E-state index contributed by atoms with van der Waals surface area (Å²) in [6.45, 7) is -0.0125. The highest BCUT2D eigenvalue weighted by Gasteiger charge is 2.15. The van der Waals surface area contributed by atoms with Gasteiger partial charge in [-0.3, -0.25) is 4.79 Å². The third-order valence-electron chi connectivity index (χ3n) is 2.13. The molecule has 0 bridgehead atoms. The van der Waals surface area contributed by atoms with Crippen LogP contribution in [0.3, 0.4) is 0 Å². The van der Waals surface area contributed by atoms with Crippen LogP contribution in [0.25, 0.3) is 0 Å². The Balaban J connectivity index is 2.54. The molecule has 5 nitrogen and oxygen atoms in total. The fraction of sp³-hybridized carbons (Fsp3) is 0.364. The maximum absolute atomic E-state index is 11.8. The zero-order valence-electron chi connectivity index (χ0n) is 9.30. The van der Waals surface area contributed by atoms with Gasteiger partial charge in [0.25, 0.3) is 0 Å². The predicted octanol–water partition coefficient (Wildman–Crippen LogP) is -0.0411. The van der Waals surface area contributed by atoms with Gasteiger partial charge < -0.3 is 10.4 Å². The molecule has 17 heavy (non-hydrogen) atoms. The SMILES string of the molecule is O=C(CCS(=O)(=O)c1ccccc1)NCCO. The third-order valence-corrected chi connectivity index (χ3v) is 3.87. The van der Waals surface area contributed by atoms with Gasteiger partial charge in [0.2, 0.25) is 5.91 Å². The van der Waals surface area contributed by atoms with E-state index >= 15 is 0 Å². The Morgan fingerprint density at radius 3 is 2.47 bits per heavy atom. The standard InChI is InChI=1S/C11H15NO4S/c13-8-7-12-11(14)6-9-17(15,16)10-4-2-1-3-5-10/h1-5,13H,6-9H2,(H,12,14). The number of benzene rings is 1. The number of hydrogen-bond donors (Lipinski definition) is 2. The molecule has 1 aromatic rings. The maximum atomic E-state index is 11.8. The number of hydrogen-bond acceptors (Lipinski definition) is 4. The van der Waals surface area contributed by atoms with E-state index in [-0.39, 0.29) is 36.1 Å². The Labute approximate surface area is 100 Å². The summed E-state index contributed by atoms with van der Waals surface area (Å²) in [6.07, 6.45) is -0.1000. The minimum Gasteiger partial charge on any atom is -0.395 e. The van der Waals surface area contributed by atoms with Crippen molar-refractivity contribution in [3.8, 4) is 0 Å². The van der Waals surface area contributed by atoms with Crippen LogP contribution in [0.2, 0.25) is 0 Å². The van der Waals surface area contributed by atoms with Gasteiger partial charge in [-0.15, -0.1) is 0 Å². The summed E-state index contributed by atoms with van der Waals surface area (Å²) in [5.41, 5.74) is 0. The van der Waals surface area contributed by atoms with Gasteiger partial charge in [-0.05, 0) is 12.1 Å². The highest BCUT2D eigenvalue weighted by Crippen LogP contribution is 2.10. The van der Waals surface area contributed by atoms with E-state index in [0.29, 0.717) is 0 Å². The highest BCUT2D eigenvalue weighted by molar-refractivity contribution is 7.91. The van der Waals surface area contributed by atoms with Crippen LogP contribution in [-0.2, 0) is 14.6 Å². The fourth-order valence-corrected chi connectivity index (χ4v) is 2.52. The van der Waals surface area contributed by atoms with Gasteiger partial charge in [0.15, 0.2) is 9.84 Å². The first kappa shape index (κ1) is 13.7. The summed E-state index contributed by atoms with van der Waals surface area (Å²) in [4.78, 5) is 11.4. The van der Waals surface area contributed by atoms with E-state index in [2.05, 4.69) is 5.32 Å². The third kappa shape index (κ3) is 4.54. The molecule has 0 aliphatic carbocycles. The topological polar surface area (TPSA) is 83.5 Å². The van der Waals surface area contributed by atoms with Crippen LogP contribution in [0.15, 0.2) is 35.2 Å². The highest BCUT2D eigenvalue weighted by atomic mass is 32.2. The number of carbonyl (C=O) groups is 1. The lowest BCUT2D eigenvalue weighted by molar-refractivity contribution is -0.120. The van der Waals surface area contributed by atoms with E-state index in [1.54, 1.807) is 18.2 Å². The average Bonchev–Trinajstić information content (AvgIpc) is 2.35. The quantitative estimate of drug-likeness (QED) is 0.749. The molecular weight excluding hydrogens is 242 g/mol. The van der Waals surface area contributed by atoms with E-state index in [4.69, 9.17) is 5.11 Å². The average molecular weight is 257 g/mol. The van der Waals surface area contributed by atoms with E-state index in [1.165, 1.54) is 12.1 Å². The lowest BCUT2D eigenvalue weighted by atomic mass is 10.4. The lowest BCUT2D eigenvalue weighted by Crippen LogP contribution is -2.28. The summed E-state index contributed by atoms with van der Waals surface area (Å²) in [6, 6.07) is 8.01. The Morgan fingerprint density at radius 2 is 1.88 bits per heavy atom. The van der Waals surface area contributed by atoms with Crippen LogP contribution in [-0.4, -0.2) is 38.3 Å². The van der Waals surface area contributed by atoms with Crippen LogP contribution in [0.5, 0.6) is 0 Å². The van der Waals surface area contributed by atoms with Crippen LogP contribution in [0.1, 0.15) is 6.42 Å². The molecule has 0 atom stereocenters. The van der Waals surface area contributed by atoms with Crippen molar-refractivity contribution in [2.45, 2.75) is 11.3 Å². The number of amides is 1. The minimum atomic E-state index is -3.40. The van der Waals surface area contributed by atoms with E-state index < -0.39 is 9.84 Å². The molecule has 0 fully saturated rings. The van der Waals surface area contributed by atoms with Gasteiger partial charge in [0, 0.05) is 13.0 Å². The van der Waals surface area contributed by atoms with Gasteiger partial charge in [0.1, 0.15) is 0 Å². The zero-order valence-corrected chi connectivity index (χ0v) is 10.1. The molecule has 0 saturated carbocycles. The summed E-state index contributed by atoms with van der Waals surface area (Å²) in [5, 5.41) is 10.9. The first-order chi connectivity index (χ1) is 8.06. The second kappa shape index (κ2) is 6.36. The van der Waals surface area contributed by atoms with Crippen molar-refractivity contribution in [1.82, 2.24) is 5.32 Å². The minimum absolute atomic E-state index is 0.1000. The van der Waals surface area contributed by atoms with Gasteiger partial charge in [0.05, 0.1) is 17.3 Å². The van der Waals surface area contributed by atoms with Crippen molar-refractivity contribution in [3.05, 3.63) is 30.3 Å². The number of sulfone groups is 1. The molecule has 1 aromatic carbocycles. The molecule has 6 heteroatoms. The predicted molar refractivity (Wildman–Crippen MR) is 63.2 cm³/mol. The summed E-state index contributed by atoms with van der Waals surface area (Å²) in [5.74, 6) is -0.604. The van der Waals surface area contributed by atoms with E-state index in [0.717, 1.165) is 0 Å². The van der Waals surface area contributed by atoms with Crippen molar-refractivity contribution in [1.29, 1.82) is 0 Å². The van der Waals surface area contributed by atoms with Gasteiger partial charge in [-0.2, -0.15) is 0 Å². The first-order valence-electron chi connectivity index (χ1n) is 5.21. The van der Waals surface area contributed by atoms with Gasteiger partial charge >= 0.3 is 0 Å². The number of aliphatic hydroxyl groups is 1. The molecule has 1 rings (SSSR count). The Hall–Kier alpha value is -1.40. The monoisotopic (exact) mass is 257 g/mol. The first-order valence-corrected chi connectivity index (χ1v) is 6.87. The summed E-state index contributed by atoms with van der Waals surface area (Å²) in [7, 11) is -3.40. The molecule has 0 aliphatic rings. The van der Waals surface area contributed by atoms with Crippen LogP contribution < -0.4 is 5.32 Å². The van der Waals surface area contributed by atoms with Crippen LogP contribution in [0.4, 0.5) is 0 Å². The fourth-order valence-electron chi connectivity index (χ4n) is 1.26. The second-order valence-electron chi connectivity index (χ2n) is 3.46. The summed E-state index contributed by atoms with van der Waals surface area (Å²) < 4.78 is 23.6. The number of aliphatic hydroxyl groups excluding tert-OH is 1. The number of nitrogens with one attached hydrogen (secondary N) is 1. The van der Waals surface area contributed by atoms with Crippen molar-refractivity contribution < 1.29 is 18.3 Å². The smallest absolute Gasteiger partial charge is 0.221 e. The van der Waals surface area contributed by atoms with E-state index in [9.17, 15) is 13.2 Å². The Morgan fingerprint density at radius 1 is 1.24 bits per heavy atom. The van der Waals surface area contributed by atoms with Crippen LogP contribution in [0, 0.1) is 0 Å². The van der Waals surface area contributed by atoms with Gasteiger partial charge in [-0.1, -0.05) is 18.2 Å². The molecule has 0 aliphatic heterocycles.